The van der Waals surface area contributed by atoms with Crippen LogP contribution in [0.25, 0.3) is 0 Å². The molecule has 360 valence electrons. The molecule has 60 heavy (non-hydrogen) atoms. The van der Waals surface area contributed by atoms with E-state index in [0.29, 0.717) is 71.0 Å². The third-order valence-electron chi connectivity index (χ3n) is 10.9. The maximum absolute atomic E-state index is 8.57. The van der Waals surface area contributed by atoms with Gasteiger partial charge in [-0.05, 0) is 144 Å². The van der Waals surface area contributed by atoms with Crippen molar-refractivity contribution in [2.75, 3.05) is 0 Å². The highest BCUT2D eigenvalue weighted by Gasteiger charge is 2.64. The second-order valence-corrected chi connectivity index (χ2v) is 46.0. The molecule has 0 aliphatic carbocycles. The van der Waals surface area contributed by atoms with Crippen LogP contribution < -0.4 is 0 Å². The lowest BCUT2D eigenvalue weighted by atomic mass is 10.3. The van der Waals surface area contributed by atoms with E-state index in [1.165, 1.54) is 0 Å². The summed E-state index contributed by atoms with van der Waals surface area (Å²) in [5.41, 5.74) is 0. The van der Waals surface area contributed by atoms with Gasteiger partial charge in [0.25, 0.3) is 0 Å². The van der Waals surface area contributed by atoms with Crippen molar-refractivity contribution in [2.45, 2.75) is 239 Å². The first-order chi connectivity index (χ1) is 27.2. The molecule has 0 atom stereocenters. The van der Waals surface area contributed by atoms with E-state index < -0.39 is 51.4 Å². The molecule has 0 unspecified atom stereocenters. The molecule has 1 fully saturated rings. The second-order valence-electron chi connectivity index (χ2n) is 25.3. The molecule has 0 aromatic rings. The Bertz CT molecular complexity index is 871. The van der Waals surface area contributed by atoms with Gasteiger partial charge in [0, 0.05) is 0 Å². The fraction of sp³-hybridized carbons (Fsp3) is 1.00. The van der Waals surface area contributed by atoms with Crippen molar-refractivity contribution >= 4 is 51.4 Å². The minimum Gasteiger partial charge on any atom is -0.415 e. The molecule has 0 spiro atoms. The minimum atomic E-state index is -3.08. The van der Waals surface area contributed by atoms with Crippen LogP contribution in [0.4, 0.5) is 0 Å². The van der Waals surface area contributed by atoms with Gasteiger partial charge in [0.15, 0.2) is 0 Å². The summed E-state index contributed by atoms with van der Waals surface area (Å²) < 4.78 is 51.4. The van der Waals surface area contributed by atoms with Crippen LogP contribution >= 0.6 is 0 Å². The number of hydrogen-bond acceptors (Lipinski definition) is 6. The lowest BCUT2D eigenvalue weighted by Crippen LogP contribution is -2.71. The molecule has 0 bridgehead atoms. The zero-order valence-electron chi connectivity index (χ0n) is 44.9. The van der Waals surface area contributed by atoms with Gasteiger partial charge in [-0.3, -0.25) is 0 Å². The van der Waals surface area contributed by atoms with E-state index in [1.807, 2.05) is 0 Å². The number of rotatable bonds is 24. The van der Waals surface area contributed by atoms with E-state index in [1.54, 1.807) is 0 Å². The molecule has 0 radical (unpaired) electrons. The molecule has 1 heterocycles. The Kier molecular flexibility index (Phi) is 24.9. The Morgan fingerprint density at radius 2 is 0.233 bits per heavy atom. The van der Waals surface area contributed by atoms with Crippen molar-refractivity contribution < 1.29 is 24.7 Å². The summed E-state index contributed by atoms with van der Waals surface area (Å²) in [5.74, 6) is 5.05. The smallest absolute Gasteiger partial charge is 0.321 e. The maximum Gasteiger partial charge on any atom is 0.321 e. The van der Waals surface area contributed by atoms with E-state index >= 15 is 0 Å². The Morgan fingerprint density at radius 1 is 0.167 bits per heavy atom. The van der Waals surface area contributed by atoms with Crippen LogP contribution in [0, 0.1) is 71.0 Å². The Morgan fingerprint density at radius 3 is 0.283 bits per heavy atom. The van der Waals surface area contributed by atoms with Gasteiger partial charge in [0.2, 0.25) is 0 Å². The third kappa shape index (κ3) is 21.1. The molecular formula is C48H108O6Si6. The third-order valence-corrected chi connectivity index (χ3v) is 46.0. The topological polar surface area (TPSA) is 55.4 Å². The molecular weight excluding hydrogens is 841 g/mol. The van der Waals surface area contributed by atoms with Crippen LogP contribution in [-0.4, -0.2) is 51.4 Å². The number of hydrogen-bond donors (Lipinski definition) is 0. The van der Waals surface area contributed by atoms with Crippen LogP contribution in [0.5, 0.6) is 0 Å². The van der Waals surface area contributed by atoms with Crippen molar-refractivity contribution in [1.82, 2.24) is 0 Å². The van der Waals surface area contributed by atoms with E-state index in [2.05, 4.69) is 166 Å². The van der Waals surface area contributed by atoms with Gasteiger partial charge in [-0.2, -0.15) is 0 Å². The Balaban J connectivity index is 5.09. The molecule has 6 nitrogen and oxygen atoms in total. The fourth-order valence-electron chi connectivity index (χ4n) is 11.1. The SMILES string of the molecule is CC(C)C[Si]1(CC(C)C)O[Si](CC(C)C)(CC(C)C)O[Si](CC(C)C)(CC(C)C)O[Si](CC(C)C)(CC(C)C)O[Si](CC(C)C)(CC(C)C)O[Si](CC(C)C)(CC(C)C)O1. The average Bonchev–Trinajstić information content (AvgIpc) is 2.90. The summed E-state index contributed by atoms with van der Waals surface area (Å²) >= 11 is 0. The summed E-state index contributed by atoms with van der Waals surface area (Å²) in [6.45, 7) is 57.6. The molecule has 1 rings (SSSR count). The minimum absolute atomic E-state index is 0.421. The van der Waals surface area contributed by atoms with Crippen LogP contribution in [0.2, 0.25) is 72.5 Å². The van der Waals surface area contributed by atoms with Crippen LogP contribution in [0.1, 0.15) is 166 Å². The normalized spacial score (nSPS) is 21.0. The van der Waals surface area contributed by atoms with Gasteiger partial charge in [-0.25, -0.2) is 0 Å². The van der Waals surface area contributed by atoms with Gasteiger partial charge in [-0.1, -0.05) is 166 Å². The van der Waals surface area contributed by atoms with Crippen LogP contribution in [0.3, 0.4) is 0 Å². The first-order valence-electron chi connectivity index (χ1n) is 25.4. The van der Waals surface area contributed by atoms with Gasteiger partial charge >= 0.3 is 51.4 Å². The van der Waals surface area contributed by atoms with E-state index in [4.69, 9.17) is 24.7 Å². The monoisotopic (exact) mass is 949 g/mol. The standard InChI is InChI=1S/C48H108O6Si6/c1-37(2)25-55(26-38(3)4)49-56(27-39(5)6,28-40(7)8)51-58(31-43(13)14,32-44(15)16)53-60(35-47(21)22,36-48(23)24)54-59(33-45(17)18,34-46(19)20)52-57(50-55,29-41(9)10)30-42(11)12/h37-48H,25-36H2,1-24H3. The summed E-state index contributed by atoms with van der Waals surface area (Å²) in [6, 6.07) is 11.5. The summed E-state index contributed by atoms with van der Waals surface area (Å²) in [5, 5.41) is 0. The first kappa shape index (κ1) is 59.1. The van der Waals surface area contributed by atoms with Crippen LogP contribution in [0.15, 0.2) is 0 Å². The first-order valence-corrected chi connectivity index (χ1v) is 38.8. The quantitative estimate of drug-likeness (QED) is 0.0899. The zero-order valence-corrected chi connectivity index (χ0v) is 50.9. The lowest BCUT2D eigenvalue weighted by Gasteiger charge is -2.56. The predicted molar refractivity (Wildman–Crippen MR) is 277 cm³/mol. The summed E-state index contributed by atoms with van der Waals surface area (Å²) in [4.78, 5) is 0. The molecule has 1 aliphatic heterocycles. The Labute approximate surface area is 383 Å². The van der Waals surface area contributed by atoms with Gasteiger partial charge in [-0.15, -0.1) is 0 Å². The van der Waals surface area contributed by atoms with Gasteiger partial charge in [0.1, 0.15) is 0 Å². The molecule has 0 aromatic heterocycles. The Hall–Kier alpha value is 1.06. The van der Waals surface area contributed by atoms with Crippen LogP contribution in [-0.2, 0) is 24.7 Å². The summed E-state index contributed by atoms with van der Waals surface area (Å²) in [7, 11) is -18.5. The van der Waals surface area contributed by atoms with Crippen molar-refractivity contribution in [3.05, 3.63) is 0 Å². The van der Waals surface area contributed by atoms with E-state index in [-0.39, 0.29) is 0 Å². The van der Waals surface area contributed by atoms with Crippen molar-refractivity contribution in [1.29, 1.82) is 0 Å². The van der Waals surface area contributed by atoms with E-state index in [0.717, 1.165) is 72.5 Å². The van der Waals surface area contributed by atoms with Crippen molar-refractivity contribution in [3.8, 4) is 0 Å². The molecule has 0 aromatic carbocycles. The second kappa shape index (κ2) is 25.3. The summed E-state index contributed by atoms with van der Waals surface area (Å²) in [6.07, 6.45) is 0. The molecule has 1 saturated heterocycles. The predicted octanol–water partition coefficient (Wildman–Crippen LogP) is 16.6. The highest BCUT2D eigenvalue weighted by atomic mass is 28.5. The highest BCUT2D eigenvalue weighted by Crippen LogP contribution is 2.49. The zero-order chi connectivity index (χ0) is 46.7. The van der Waals surface area contributed by atoms with Gasteiger partial charge < -0.3 is 24.7 Å². The fourth-order valence-corrected chi connectivity index (χ4v) is 54.6. The molecule has 12 heteroatoms. The lowest BCUT2D eigenvalue weighted by molar-refractivity contribution is 0.191. The maximum atomic E-state index is 8.57. The van der Waals surface area contributed by atoms with E-state index in [9.17, 15) is 0 Å². The molecule has 0 amide bonds. The highest BCUT2D eigenvalue weighted by molar-refractivity contribution is 6.95. The molecule has 1 aliphatic rings. The molecule has 0 saturated carbocycles. The van der Waals surface area contributed by atoms with Crippen molar-refractivity contribution in [2.24, 2.45) is 71.0 Å². The largest absolute Gasteiger partial charge is 0.415 e. The van der Waals surface area contributed by atoms with Gasteiger partial charge in [0.05, 0.1) is 0 Å². The average molecular weight is 950 g/mol. The van der Waals surface area contributed by atoms with Crippen molar-refractivity contribution in [3.63, 3.8) is 0 Å². The molecule has 0 N–H and O–H groups in total.